The fourth-order valence-electron chi connectivity index (χ4n) is 4.79. The molecule has 9 nitrogen and oxygen atoms in total. The van der Waals surface area contributed by atoms with Crippen LogP contribution in [0.5, 0.6) is 0 Å². The van der Waals surface area contributed by atoms with E-state index in [0.29, 0.717) is 45.9 Å². The summed E-state index contributed by atoms with van der Waals surface area (Å²) in [6.07, 6.45) is 16.6. The first-order chi connectivity index (χ1) is 22.6. The predicted molar refractivity (Wildman–Crippen MR) is 189 cm³/mol. The molecular formula is C38H74O9. The number of hydrogen-bond donors (Lipinski definition) is 0. The van der Waals surface area contributed by atoms with E-state index in [0.717, 1.165) is 25.7 Å². The maximum Gasteiger partial charge on any atom is 0.306 e. The van der Waals surface area contributed by atoms with Gasteiger partial charge in [0.2, 0.25) is 0 Å². The van der Waals surface area contributed by atoms with Gasteiger partial charge in [0.1, 0.15) is 12.7 Å². The Morgan fingerprint density at radius 1 is 0.383 bits per heavy atom. The van der Waals surface area contributed by atoms with Crippen LogP contribution in [0.3, 0.4) is 0 Å². The lowest BCUT2D eigenvalue weighted by molar-refractivity contribution is -0.153. The zero-order chi connectivity index (χ0) is 35.1. The van der Waals surface area contributed by atoms with Gasteiger partial charge in [-0.3, -0.25) is 9.59 Å². The number of ether oxygens (including phenoxy) is 7. The molecule has 0 N–H and O–H groups in total. The van der Waals surface area contributed by atoms with Gasteiger partial charge >= 0.3 is 11.9 Å². The van der Waals surface area contributed by atoms with Gasteiger partial charge in [0.05, 0.1) is 63.6 Å². The summed E-state index contributed by atoms with van der Waals surface area (Å²) < 4.78 is 40.2. The number of rotatable bonds is 34. The first-order valence-corrected chi connectivity index (χ1v) is 19.0. The summed E-state index contributed by atoms with van der Waals surface area (Å²) in [7, 11) is 0. The van der Waals surface area contributed by atoms with Crippen molar-refractivity contribution in [3.05, 3.63) is 0 Å². The summed E-state index contributed by atoms with van der Waals surface area (Å²) in [6.45, 7) is 18.4. The summed E-state index contributed by atoms with van der Waals surface area (Å²) in [5.74, 6) is -0.295. The smallest absolute Gasteiger partial charge is 0.306 e. The van der Waals surface area contributed by atoms with Crippen molar-refractivity contribution in [1.82, 2.24) is 0 Å². The minimum absolute atomic E-state index is 0.0983. The molecule has 0 saturated heterocycles. The number of carbonyl (C=O) groups excluding carboxylic acids is 2. The maximum absolute atomic E-state index is 12.1. The van der Waals surface area contributed by atoms with E-state index in [-0.39, 0.29) is 55.2 Å². The average Bonchev–Trinajstić information content (AvgIpc) is 3.05. The van der Waals surface area contributed by atoms with Gasteiger partial charge in [-0.25, -0.2) is 0 Å². The van der Waals surface area contributed by atoms with Crippen LogP contribution in [0, 0.1) is 0 Å². The van der Waals surface area contributed by atoms with E-state index in [9.17, 15) is 9.59 Å². The Bertz CT molecular complexity index is 719. The Hall–Kier alpha value is -1.26. The Balaban J connectivity index is 3.83. The molecule has 0 aromatic carbocycles. The molecule has 0 rings (SSSR count). The van der Waals surface area contributed by atoms with Crippen molar-refractivity contribution in [2.24, 2.45) is 0 Å². The predicted octanol–water partition coefficient (Wildman–Crippen LogP) is 8.77. The van der Waals surface area contributed by atoms with Crippen LogP contribution >= 0.6 is 0 Å². The van der Waals surface area contributed by atoms with Gasteiger partial charge in [-0.05, 0) is 54.4 Å². The molecule has 0 aromatic heterocycles. The van der Waals surface area contributed by atoms with E-state index >= 15 is 0 Å². The lowest BCUT2D eigenvalue weighted by Gasteiger charge is -2.22. The topological polar surface area (TPSA) is 98.8 Å². The zero-order valence-corrected chi connectivity index (χ0v) is 31.7. The third-order valence-corrected chi connectivity index (χ3v) is 7.86. The molecule has 47 heavy (non-hydrogen) atoms. The summed E-state index contributed by atoms with van der Waals surface area (Å²) in [6, 6.07) is 0. The first-order valence-electron chi connectivity index (χ1n) is 19.0. The largest absolute Gasteiger partial charge is 0.463 e. The van der Waals surface area contributed by atoms with Gasteiger partial charge in [-0.1, -0.05) is 90.9 Å². The number of hydrogen-bond acceptors (Lipinski definition) is 9. The van der Waals surface area contributed by atoms with Gasteiger partial charge in [0.15, 0.2) is 0 Å². The van der Waals surface area contributed by atoms with E-state index < -0.39 is 0 Å². The Morgan fingerprint density at radius 3 is 1.06 bits per heavy atom. The van der Waals surface area contributed by atoms with Crippen molar-refractivity contribution in [3.8, 4) is 0 Å². The molecule has 0 heterocycles. The normalized spacial score (nSPS) is 15.5. The Kier molecular flexibility index (Phi) is 31.1. The summed E-state index contributed by atoms with van der Waals surface area (Å²) in [5, 5.41) is 0. The lowest BCUT2D eigenvalue weighted by atomic mass is 10.1. The minimum Gasteiger partial charge on any atom is -0.463 e. The van der Waals surface area contributed by atoms with Crippen LogP contribution in [-0.4, -0.2) is 88.2 Å². The maximum atomic E-state index is 12.1. The fourth-order valence-corrected chi connectivity index (χ4v) is 4.79. The average molecular weight is 675 g/mol. The third kappa shape index (κ3) is 31.7. The monoisotopic (exact) mass is 675 g/mol. The summed E-state index contributed by atoms with van der Waals surface area (Å²) >= 11 is 0. The molecule has 6 atom stereocenters. The van der Waals surface area contributed by atoms with Crippen molar-refractivity contribution < 1.29 is 42.7 Å². The molecule has 0 saturated carbocycles. The molecule has 0 aromatic rings. The van der Waals surface area contributed by atoms with Crippen LogP contribution < -0.4 is 0 Å². The van der Waals surface area contributed by atoms with Crippen LogP contribution in [0.25, 0.3) is 0 Å². The molecular weight excluding hydrogens is 600 g/mol. The highest BCUT2D eigenvalue weighted by Gasteiger charge is 2.15. The highest BCUT2D eigenvalue weighted by molar-refractivity contribution is 5.69. The second-order valence-electron chi connectivity index (χ2n) is 13.4. The number of esters is 2. The van der Waals surface area contributed by atoms with Gasteiger partial charge in [-0.2, -0.15) is 0 Å². The van der Waals surface area contributed by atoms with Crippen molar-refractivity contribution >= 4 is 11.9 Å². The minimum atomic E-state index is -0.283. The van der Waals surface area contributed by atoms with Crippen LogP contribution in [-0.2, 0) is 42.7 Å². The molecule has 0 bridgehead atoms. The van der Waals surface area contributed by atoms with Gasteiger partial charge in [0, 0.05) is 12.8 Å². The second kappa shape index (κ2) is 32.0. The summed E-state index contributed by atoms with van der Waals surface area (Å²) in [5.41, 5.74) is 0. The van der Waals surface area contributed by atoms with Crippen LogP contribution in [0.2, 0.25) is 0 Å². The van der Waals surface area contributed by atoms with Crippen molar-refractivity contribution in [2.45, 2.75) is 195 Å². The van der Waals surface area contributed by atoms with E-state index in [1.807, 2.05) is 41.5 Å². The molecule has 6 unspecified atom stereocenters. The van der Waals surface area contributed by atoms with E-state index in [4.69, 9.17) is 33.2 Å². The van der Waals surface area contributed by atoms with Gasteiger partial charge < -0.3 is 33.2 Å². The zero-order valence-electron chi connectivity index (χ0n) is 31.7. The highest BCUT2D eigenvalue weighted by atomic mass is 16.6. The van der Waals surface area contributed by atoms with E-state index in [1.165, 1.54) is 64.2 Å². The molecule has 0 aliphatic heterocycles. The van der Waals surface area contributed by atoms with Crippen molar-refractivity contribution in [3.63, 3.8) is 0 Å². The molecule has 0 aliphatic carbocycles. The second-order valence-corrected chi connectivity index (χ2v) is 13.4. The third-order valence-electron chi connectivity index (χ3n) is 7.86. The first kappa shape index (κ1) is 45.7. The van der Waals surface area contributed by atoms with Gasteiger partial charge in [-0.15, -0.1) is 0 Å². The quantitative estimate of drug-likeness (QED) is 0.0490. The Morgan fingerprint density at radius 2 is 0.681 bits per heavy atom. The van der Waals surface area contributed by atoms with Crippen molar-refractivity contribution in [1.29, 1.82) is 0 Å². The number of carbonyl (C=O) groups is 2. The molecule has 0 radical (unpaired) electrons. The van der Waals surface area contributed by atoms with E-state index in [1.54, 1.807) is 0 Å². The SMILES string of the molecule is CCCCCCCCCC(=O)OCC(C)OCC(C)OCC(C)OCC(C)OCC(C)OCC(C)OC(=O)CCCCCCCCC. The van der Waals surface area contributed by atoms with Crippen LogP contribution in [0.15, 0.2) is 0 Å². The molecule has 9 heteroatoms. The fraction of sp³-hybridized carbons (Fsp3) is 0.947. The summed E-state index contributed by atoms with van der Waals surface area (Å²) in [4.78, 5) is 24.1. The van der Waals surface area contributed by atoms with Crippen LogP contribution in [0.1, 0.15) is 158 Å². The molecule has 280 valence electrons. The van der Waals surface area contributed by atoms with Crippen LogP contribution in [0.4, 0.5) is 0 Å². The molecule has 0 amide bonds. The van der Waals surface area contributed by atoms with Crippen molar-refractivity contribution in [2.75, 3.05) is 39.6 Å². The molecule has 0 fully saturated rings. The Labute approximate surface area is 288 Å². The highest BCUT2D eigenvalue weighted by Crippen LogP contribution is 2.11. The standard InChI is InChI=1S/C38H74O9/c1-9-11-13-15-17-19-21-23-37(39)46-29-35(7)44-27-33(5)42-25-31(3)41-26-32(4)43-28-34(6)45-30-36(8)47-38(40)24-22-20-18-16-14-12-10-2/h31-36H,9-30H2,1-8H3. The molecule has 0 aliphatic rings. The van der Waals surface area contributed by atoms with E-state index in [2.05, 4.69) is 13.8 Å². The lowest BCUT2D eigenvalue weighted by Crippen LogP contribution is -2.30. The molecule has 0 spiro atoms. The number of unbranched alkanes of at least 4 members (excludes halogenated alkanes) is 12. The van der Waals surface area contributed by atoms with Gasteiger partial charge in [0.25, 0.3) is 0 Å².